The number of hydrogen-bond donors (Lipinski definition) is 1. The lowest BCUT2D eigenvalue weighted by molar-refractivity contribution is 0.564. The van der Waals surface area contributed by atoms with Crippen molar-refractivity contribution in [2.45, 2.75) is 30.5 Å². The highest BCUT2D eigenvalue weighted by Gasteiger charge is 2.05. The third-order valence-electron chi connectivity index (χ3n) is 2.29. The number of benzene rings is 1. The molecule has 0 saturated heterocycles. The van der Waals surface area contributed by atoms with Gasteiger partial charge in [0.1, 0.15) is 0 Å². The van der Waals surface area contributed by atoms with E-state index < -0.39 is 0 Å². The third kappa shape index (κ3) is 3.20. The molecule has 0 aliphatic heterocycles. The quantitative estimate of drug-likeness (QED) is 0.648. The largest absolute Gasteiger partial charge is 0.399 e. The number of tetrazole rings is 1. The zero-order chi connectivity index (χ0) is 12.1. The smallest absolute Gasteiger partial charge is 0.161 e. The van der Waals surface area contributed by atoms with E-state index >= 15 is 0 Å². The van der Waals surface area contributed by atoms with Crippen LogP contribution < -0.4 is 5.73 Å². The third-order valence-corrected chi connectivity index (χ3v) is 3.30. The van der Waals surface area contributed by atoms with Crippen LogP contribution in [0.4, 0.5) is 5.69 Å². The highest BCUT2D eigenvalue weighted by atomic mass is 32.2. The molecule has 6 heteroatoms. The first-order chi connectivity index (χ1) is 8.29. The van der Waals surface area contributed by atoms with Crippen LogP contribution in [0.3, 0.4) is 0 Å². The molecule has 5 nitrogen and oxygen atoms in total. The van der Waals surface area contributed by atoms with Gasteiger partial charge >= 0.3 is 0 Å². The number of nitrogens with zero attached hydrogens (tertiary/aromatic N) is 4. The SMILES string of the molecule is CCCn1nnnc1CSc1ccc(N)cc1. The van der Waals surface area contributed by atoms with E-state index in [1.165, 1.54) is 4.90 Å². The molecule has 0 saturated carbocycles. The van der Waals surface area contributed by atoms with E-state index in [9.17, 15) is 0 Å². The Morgan fingerprint density at radius 1 is 1.29 bits per heavy atom. The Morgan fingerprint density at radius 3 is 2.76 bits per heavy atom. The molecule has 1 aromatic heterocycles. The first kappa shape index (κ1) is 11.9. The Kier molecular flexibility index (Phi) is 3.98. The van der Waals surface area contributed by atoms with Crippen LogP contribution in [-0.4, -0.2) is 20.2 Å². The molecule has 0 aliphatic carbocycles. The van der Waals surface area contributed by atoms with Gasteiger partial charge in [-0.05, 0) is 41.1 Å². The van der Waals surface area contributed by atoms with Crippen LogP contribution in [0.25, 0.3) is 0 Å². The van der Waals surface area contributed by atoms with E-state index in [0.29, 0.717) is 0 Å². The summed E-state index contributed by atoms with van der Waals surface area (Å²) >= 11 is 1.71. The van der Waals surface area contributed by atoms with Gasteiger partial charge in [-0.25, -0.2) is 4.68 Å². The predicted octanol–water partition coefficient (Wildman–Crippen LogP) is 1.96. The number of aryl methyl sites for hydroxylation is 1. The summed E-state index contributed by atoms with van der Waals surface area (Å²) in [6.45, 7) is 2.98. The molecule has 1 aromatic carbocycles. The number of aromatic nitrogens is 4. The summed E-state index contributed by atoms with van der Waals surface area (Å²) in [4.78, 5) is 1.17. The van der Waals surface area contributed by atoms with Crippen LogP contribution in [0.1, 0.15) is 19.2 Å². The van der Waals surface area contributed by atoms with Crippen molar-refractivity contribution in [2.75, 3.05) is 5.73 Å². The Labute approximate surface area is 104 Å². The molecule has 2 rings (SSSR count). The molecule has 0 bridgehead atoms. The maximum Gasteiger partial charge on any atom is 0.161 e. The monoisotopic (exact) mass is 249 g/mol. The van der Waals surface area contributed by atoms with Gasteiger partial charge in [0.05, 0.1) is 5.75 Å². The summed E-state index contributed by atoms with van der Waals surface area (Å²) in [5.74, 6) is 1.69. The molecule has 0 amide bonds. The van der Waals surface area contributed by atoms with E-state index in [1.807, 2.05) is 28.9 Å². The standard InChI is InChI=1S/C11H15N5S/c1-2-7-16-11(13-14-15-16)8-17-10-5-3-9(12)4-6-10/h3-6H,2,7-8,12H2,1H3. The van der Waals surface area contributed by atoms with E-state index in [4.69, 9.17) is 5.73 Å². The zero-order valence-corrected chi connectivity index (χ0v) is 10.5. The van der Waals surface area contributed by atoms with Gasteiger partial charge in [-0.1, -0.05) is 6.92 Å². The normalized spacial score (nSPS) is 10.6. The van der Waals surface area contributed by atoms with Crippen molar-refractivity contribution < 1.29 is 0 Å². The molecule has 0 unspecified atom stereocenters. The van der Waals surface area contributed by atoms with Crippen molar-refractivity contribution in [2.24, 2.45) is 0 Å². The maximum atomic E-state index is 5.64. The van der Waals surface area contributed by atoms with Crippen LogP contribution in [-0.2, 0) is 12.3 Å². The molecule has 2 aromatic rings. The van der Waals surface area contributed by atoms with Crippen LogP contribution in [0, 0.1) is 0 Å². The lowest BCUT2D eigenvalue weighted by Gasteiger charge is -2.03. The minimum absolute atomic E-state index is 0.775. The summed E-state index contributed by atoms with van der Waals surface area (Å²) < 4.78 is 1.85. The fraction of sp³-hybridized carbons (Fsp3) is 0.364. The topological polar surface area (TPSA) is 69.6 Å². The molecule has 0 spiro atoms. The van der Waals surface area contributed by atoms with E-state index in [-0.39, 0.29) is 0 Å². The van der Waals surface area contributed by atoms with E-state index in [1.54, 1.807) is 11.8 Å². The fourth-order valence-electron chi connectivity index (χ4n) is 1.42. The first-order valence-corrected chi connectivity index (χ1v) is 6.51. The molecular formula is C11H15N5S. The zero-order valence-electron chi connectivity index (χ0n) is 9.71. The van der Waals surface area contributed by atoms with Crippen LogP contribution in [0.5, 0.6) is 0 Å². The summed E-state index contributed by atoms with van der Waals surface area (Å²) in [6.07, 6.45) is 1.03. The van der Waals surface area contributed by atoms with Gasteiger partial charge in [0.25, 0.3) is 0 Å². The Morgan fingerprint density at radius 2 is 2.06 bits per heavy atom. The van der Waals surface area contributed by atoms with Crippen molar-refractivity contribution in [3.63, 3.8) is 0 Å². The molecular weight excluding hydrogens is 234 g/mol. The van der Waals surface area contributed by atoms with Gasteiger partial charge in [-0.15, -0.1) is 16.9 Å². The molecule has 0 radical (unpaired) electrons. The minimum Gasteiger partial charge on any atom is -0.399 e. The second-order valence-electron chi connectivity index (χ2n) is 3.68. The second kappa shape index (κ2) is 5.67. The highest BCUT2D eigenvalue weighted by Crippen LogP contribution is 2.22. The summed E-state index contributed by atoms with van der Waals surface area (Å²) in [5.41, 5.74) is 6.42. The van der Waals surface area contributed by atoms with Crippen molar-refractivity contribution in [3.05, 3.63) is 30.1 Å². The average Bonchev–Trinajstić information content (AvgIpc) is 2.77. The molecule has 0 fully saturated rings. The molecule has 0 atom stereocenters. The Balaban J connectivity index is 1.97. The first-order valence-electron chi connectivity index (χ1n) is 5.53. The van der Waals surface area contributed by atoms with Crippen molar-refractivity contribution in [1.82, 2.24) is 20.2 Å². The number of nitrogens with two attached hydrogens (primary N) is 1. The second-order valence-corrected chi connectivity index (χ2v) is 4.72. The van der Waals surface area contributed by atoms with Crippen molar-refractivity contribution in [1.29, 1.82) is 0 Å². The molecule has 90 valence electrons. The van der Waals surface area contributed by atoms with E-state index in [0.717, 1.165) is 30.2 Å². The highest BCUT2D eigenvalue weighted by molar-refractivity contribution is 7.98. The molecule has 0 aliphatic rings. The minimum atomic E-state index is 0.775. The van der Waals surface area contributed by atoms with Crippen molar-refractivity contribution >= 4 is 17.4 Å². The van der Waals surface area contributed by atoms with Crippen LogP contribution >= 0.6 is 11.8 Å². The average molecular weight is 249 g/mol. The number of anilines is 1. The maximum absolute atomic E-state index is 5.64. The fourth-order valence-corrected chi connectivity index (χ4v) is 2.26. The van der Waals surface area contributed by atoms with Gasteiger partial charge in [0, 0.05) is 17.1 Å². The molecule has 2 N–H and O–H groups in total. The van der Waals surface area contributed by atoms with E-state index in [2.05, 4.69) is 22.4 Å². The number of hydrogen-bond acceptors (Lipinski definition) is 5. The van der Waals surface area contributed by atoms with Gasteiger partial charge in [0.15, 0.2) is 5.82 Å². The lowest BCUT2D eigenvalue weighted by Crippen LogP contribution is -2.04. The Hall–Kier alpha value is -1.56. The summed E-state index contributed by atoms with van der Waals surface area (Å²) in [6, 6.07) is 7.82. The number of nitrogen functional groups attached to an aromatic ring is 1. The lowest BCUT2D eigenvalue weighted by atomic mass is 10.3. The van der Waals surface area contributed by atoms with Crippen LogP contribution in [0.2, 0.25) is 0 Å². The number of rotatable bonds is 5. The molecule has 17 heavy (non-hydrogen) atoms. The van der Waals surface area contributed by atoms with Crippen LogP contribution in [0.15, 0.2) is 29.2 Å². The van der Waals surface area contributed by atoms with Crippen molar-refractivity contribution in [3.8, 4) is 0 Å². The Bertz CT molecular complexity index is 465. The number of thioether (sulfide) groups is 1. The van der Waals surface area contributed by atoms with Gasteiger partial charge < -0.3 is 5.73 Å². The van der Waals surface area contributed by atoms with Gasteiger partial charge in [-0.3, -0.25) is 0 Å². The van der Waals surface area contributed by atoms with Gasteiger partial charge in [0.2, 0.25) is 0 Å². The van der Waals surface area contributed by atoms with Gasteiger partial charge in [-0.2, -0.15) is 0 Å². The molecule has 1 heterocycles. The summed E-state index contributed by atoms with van der Waals surface area (Å²) in [5, 5.41) is 11.7. The summed E-state index contributed by atoms with van der Waals surface area (Å²) in [7, 11) is 0. The predicted molar refractivity (Wildman–Crippen MR) is 68.5 cm³/mol.